The molecule has 202 valence electrons. The van der Waals surface area contributed by atoms with Gasteiger partial charge in [-0.15, -0.1) is 0 Å². The summed E-state index contributed by atoms with van der Waals surface area (Å²) in [6, 6.07) is 63.5. The monoisotopic (exact) mass is 547 g/mol. The third-order valence-corrected chi connectivity index (χ3v) is 8.43. The van der Waals surface area contributed by atoms with Gasteiger partial charge in [-0.25, -0.2) is 0 Å². The molecule has 0 saturated carbocycles. The van der Waals surface area contributed by atoms with Crippen molar-refractivity contribution >= 4 is 49.4 Å². The number of anilines is 3. The Morgan fingerprint density at radius 3 is 1.58 bits per heavy atom. The van der Waals surface area contributed by atoms with Crippen LogP contribution in [0.1, 0.15) is 0 Å². The lowest BCUT2D eigenvalue weighted by Gasteiger charge is -2.28. The summed E-state index contributed by atoms with van der Waals surface area (Å²) >= 11 is 0. The Morgan fingerprint density at radius 1 is 0.279 bits per heavy atom. The fourth-order valence-electron chi connectivity index (χ4n) is 6.34. The molecule has 0 amide bonds. The Bertz CT molecular complexity index is 2220. The summed E-state index contributed by atoms with van der Waals surface area (Å²) in [5.74, 6) is 0. The lowest BCUT2D eigenvalue weighted by molar-refractivity contribution is 1.30. The molecule has 0 bridgehead atoms. The lowest BCUT2D eigenvalue weighted by Crippen LogP contribution is -2.11. The molecule has 0 N–H and O–H groups in total. The van der Waals surface area contributed by atoms with E-state index in [1.165, 1.54) is 54.6 Å². The van der Waals surface area contributed by atoms with Gasteiger partial charge in [-0.1, -0.05) is 146 Å². The van der Waals surface area contributed by atoms with Gasteiger partial charge in [-0.2, -0.15) is 0 Å². The normalized spacial score (nSPS) is 11.3. The Labute approximate surface area is 251 Å². The molecule has 1 heteroatoms. The van der Waals surface area contributed by atoms with E-state index in [0.29, 0.717) is 0 Å². The Balaban J connectivity index is 1.40. The second-order valence-electron chi connectivity index (χ2n) is 11.0. The summed E-state index contributed by atoms with van der Waals surface area (Å²) in [5, 5.41) is 7.53. The minimum Gasteiger partial charge on any atom is -0.310 e. The zero-order valence-electron chi connectivity index (χ0n) is 23.7. The lowest BCUT2D eigenvalue weighted by atomic mass is 9.95. The molecular formula is C42H29N. The van der Waals surface area contributed by atoms with Crippen LogP contribution in [-0.2, 0) is 0 Å². The van der Waals surface area contributed by atoms with Crippen LogP contribution in [0.15, 0.2) is 176 Å². The van der Waals surface area contributed by atoms with Crippen LogP contribution in [0.2, 0.25) is 0 Å². The molecule has 8 rings (SSSR count). The van der Waals surface area contributed by atoms with Crippen LogP contribution in [0.3, 0.4) is 0 Å². The first-order valence-electron chi connectivity index (χ1n) is 14.8. The summed E-state index contributed by atoms with van der Waals surface area (Å²) in [6.45, 7) is 0. The van der Waals surface area contributed by atoms with E-state index in [2.05, 4.69) is 181 Å². The number of hydrogen-bond donors (Lipinski definition) is 0. The third-order valence-electron chi connectivity index (χ3n) is 8.43. The van der Waals surface area contributed by atoms with Gasteiger partial charge in [0.2, 0.25) is 0 Å². The molecule has 0 spiro atoms. The number of hydrogen-bond acceptors (Lipinski definition) is 1. The predicted octanol–water partition coefficient (Wildman–Crippen LogP) is 11.9. The van der Waals surface area contributed by atoms with Crippen LogP contribution >= 0.6 is 0 Å². The van der Waals surface area contributed by atoms with Crippen molar-refractivity contribution in [2.75, 3.05) is 4.90 Å². The second-order valence-corrected chi connectivity index (χ2v) is 11.0. The minimum atomic E-state index is 1.12. The van der Waals surface area contributed by atoms with E-state index in [-0.39, 0.29) is 0 Å². The Kier molecular flexibility index (Phi) is 6.20. The van der Waals surface area contributed by atoms with Crippen molar-refractivity contribution in [3.05, 3.63) is 176 Å². The zero-order chi connectivity index (χ0) is 28.6. The Hall–Kier alpha value is -5.66. The van der Waals surface area contributed by atoms with Gasteiger partial charge < -0.3 is 4.90 Å². The van der Waals surface area contributed by atoms with Gasteiger partial charge >= 0.3 is 0 Å². The molecule has 43 heavy (non-hydrogen) atoms. The molecule has 8 aromatic carbocycles. The van der Waals surface area contributed by atoms with Crippen LogP contribution in [-0.4, -0.2) is 0 Å². The van der Waals surface area contributed by atoms with Gasteiger partial charge in [-0.3, -0.25) is 0 Å². The maximum atomic E-state index is 2.42. The first kappa shape index (κ1) is 25.1. The summed E-state index contributed by atoms with van der Waals surface area (Å²) in [7, 11) is 0. The van der Waals surface area contributed by atoms with Crippen LogP contribution in [0.5, 0.6) is 0 Å². The van der Waals surface area contributed by atoms with E-state index in [0.717, 1.165) is 17.1 Å². The van der Waals surface area contributed by atoms with Crippen molar-refractivity contribution in [1.82, 2.24) is 0 Å². The third kappa shape index (κ3) is 4.52. The van der Waals surface area contributed by atoms with E-state index in [1.807, 2.05) is 0 Å². The standard InChI is InChI=1S/C42H29N/c1-3-12-30(13-4-1)32-22-25-35(26-23-32)43(36-18-11-17-34(28-36)31-14-5-2-6-15-31)42-29-41-37-19-8-7-16-33(37)24-27-39(41)38-20-9-10-21-40(38)42/h1-29H. The Morgan fingerprint density at radius 2 is 0.837 bits per heavy atom. The van der Waals surface area contributed by atoms with Crippen molar-refractivity contribution in [2.24, 2.45) is 0 Å². The molecule has 0 aliphatic rings. The average Bonchev–Trinajstić information content (AvgIpc) is 3.09. The van der Waals surface area contributed by atoms with Crippen molar-refractivity contribution in [3.8, 4) is 22.3 Å². The van der Waals surface area contributed by atoms with E-state index in [9.17, 15) is 0 Å². The van der Waals surface area contributed by atoms with Crippen LogP contribution < -0.4 is 4.90 Å². The highest BCUT2D eigenvalue weighted by Crippen LogP contribution is 2.44. The fourth-order valence-corrected chi connectivity index (χ4v) is 6.34. The summed E-state index contributed by atoms with van der Waals surface area (Å²) in [4.78, 5) is 2.42. The maximum Gasteiger partial charge on any atom is 0.0546 e. The molecule has 1 nitrogen and oxygen atoms in total. The van der Waals surface area contributed by atoms with Gasteiger partial charge in [0, 0.05) is 16.8 Å². The first-order chi connectivity index (χ1) is 21.3. The van der Waals surface area contributed by atoms with Gasteiger partial charge in [0.1, 0.15) is 0 Å². The molecule has 0 aromatic heterocycles. The van der Waals surface area contributed by atoms with Crippen LogP contribution in [0.4, 0.5) is 17.1 Å². The molecule has 0 aliphatic carbocycles. The smallest absolute Gasteiger partial charge is 0.0546 e. The molecule has 0 saturated heterocycles. The number of rotatable bonds is 5. The quantitative estimate of drug-likeness (QED) is 0.194. The van der Waals surface area contributed by atoms with Crippen molar-refractivity contribution in [3.63, 3.8) is 0 Å². The van der Waals surface area contributed by atoms with Crippen molar-refractivity contribution < 1.29 is 0 Å². The van der Waals surface area contributed by atoms with Gasteiger partial charge in [0.15, 0.2) is 0 Å². The van der Waals surface area contributed by atoms with Crippen molar-refractivity contribution in [2.45, 2.75) is 0 Å². The molecule has 8 aromatic rings. The highest BCUT2D eigenvalue weighted by atomic mass is 15.1. The predicted molar refractivity (Wildman–Crippen MR) is 185 cm³/mol. The highest BCUT2D eigenvalue weighted by Gasteiger charge is 2.19. The van der Waals surface area contributed by atoms with Crippen LogP contribution in [0, 0.1) is 0 Å². The molecule has 0 radical (unpaired) electrons. The minimum absolute atomic E-state index is 1.12. The van der Waals surface area contributed by atoms with E-state index < -0.39 is 0 Å². The molecule has 0 unspecified atom stereocenters. The molecule has 0 atom stereocenters. The molecule has 0 fully saturated rings. The average molecular weight is 548 g/mol. The largest absolute Gasteiger partial charge is 0.310 e. The van der Waals surface area contributed by atoms with E-state index in [4.69, 9.17) is 0 Å². The van der Waals surface area contributed by atoms with Gasteiger partial charge in [-0.05, 0) is 79.5 Å². The van der Waals surface area contributed by atoms with E-state index >= 15 is 0 Å². The van der Waals surface area contributed by atoms with Crippen LogP contribution in [0.25, 0.3) is 54.6 Å². The number of nitrogens with zero attached hydrogens (tertiary/aromatic N) is 1. The second kappa shape index (κ2) is 10.6. The number of fused-ring (bicyclic) bond motifs is 5. The van der Waals surface area contributed by atoms with E-state index in [1.54, 1.807) is 0 Å². The van der Waals surface area contributed by atoms with Gasteiger partial charge in [0.25, 0.3) is 0 Å². The SMILES string of the molecule is c1ccc(-c2ccc(N(c3cccc(-c4ccccc4)c3)c3cc4c5ccccc5ccc4c4ccccc34)cc2)cc1. The highest BCUT2D eigenvalue weighted by molar-refractivity contribution is 6.21. The summed E-state index contributed by atoms with van der Waals surface area (Å²) < 4.78 is 0. The maximum absolute atomic E-state index is 2.42. The zero-order valence-corrected chi connectivity index (χ0v) is 23.7. The fraction of sp³-hybridized carbons (Fsp3) is 0. The summed E-state index contributed by atoms with van der Waals surface area (Å²) in [5.41, 5.74) is 8.23. The first-order valence-corrected chi connectivity index (χ1v) is 14.8. The number of benzene rings is 8. The van der Waals surface area contributed by atoms with Crippen molar-refractivity contribution in [1.29, 1.82) is 0 Å². The van der Waals surface area contributed by atoms with Gasteiger partial charge in [0.05, 0.1) is 5.69 Å². The topological polar surface area (TPSA) is 3.24 Å². The molecule has 0 heterocycles. The summed E-state index contributed by atoms with van der Waals surface area (Å²) in [6.07, 6.45) is 0. The molecule has 0 aliphatic heterocycles. The molecular weight excluding hydrogens is 518 g/mol.